The molecule has 2 rings (SSSR count). The Hall–Kier alpha value is -2.82. The first-order valence-corrected chi connectivity index (χ1v) is 9.79. The second-order valence-corrected chi connectivity index (χ2v) is 7.27. The number of nitrogens with one attached hydrogen (secondary N) is 2. The molecule has 0 saturated heterocycles. The molecule has 5 heteroatoms. The summed E-state index contributed by atoms with van der Waals surface area (Å²) in [5.74, 6) is 0.478. The van der Waals surface area contributed by atoms with Crippen molar-refractivity contribution < 1.29 is 14.3 Å². The zero-order valence-electron chi connectivity index (χ0n) is 17.3. The Balaban J connectivity index is 2.12. The van der Waals surface area contributed by atoms with Crippen LogP contribution in [-0.4, -0.2) is 24.0 Å². The van der Waals surface area contributed by atoms with E-state index in [1.54, 1.807) is 31.2 Å². The lowest BCUT2D eigenvalue weighted by Crippen LogP contribution is -2.34. The van der Waals surface area contributed by atoms with Crippen LogP contribution in [-0.2, 0) is 4.79 Å². The largest absolute Gasteiger partial charge is 0.481 e. The van der Waals surface area contributed by atoms with E-state index < -0.39 is 6.10 Å². The second kappa shape index (κ2) is 9.93. The highest BCUT2D eigenvalue weighted by atomic mass is 16.5. The molecule has 2 amide bonds. The highest BCUT2D eigenvalue weighted by Crippen LogP contribution is 2.27. The SMILES string of the molecule is CC[C@H](C)NC(=O)c1ccccc1NC(=O)[C@@H](C)Oc1ccccc1C(C)C. The number of carbonyl (C=O) groups excluding carboxylic acids is 2. The monoisotopic (exact) mass is 382 g/mol. The van der Waals surface area contributed by atoms with Crippen LogP contribution in [0.15, 0.2) is 48.5 Å². The van der Waals surface area contributed by atoms with Crippen molar-refractivity contribution in [1.82, 2.24) is 5.32 Å². The van der Waals surface area contributed by atoms with Crippen molar-refractivity contribution in [2.24, 2.45) is 0 Å². The molecule has 0 aliphatic carbocycles. The number of anilines is 1. The summed E-state index contributed by atoms with van der Waals surface area (Å²) in [5.41, 5.74) is 1.96. The zero-order chi connectivity index (χ0) is 20.7. The van der Waals surface area contributed by atoms with Gasteiger partial charge in [-0.3, -0.25) is 9.59 Å². The van der Waals surface area contributed by atoms with Crippen molar-refractivity contribution in [3.63, 3.8) is 0 Å². The van der Waals surface area contributed by atoms with Gasteiger partial charge in [0.15, 0.2) is 6.10 Å². The predicted octanol–water partition coefficient (Wildman–Crippen LogP) is 4.74. The maximum atomic E-state index is 12.7. The number of carbonyl (C=O) groups is 2. The average Bonchev–Trinajstić information content (AvgIpc) is 2.68. The van der Waals surface area contributed by atoms with Gasteiger partial charge in [0.05, 0.1) is 11.3 Å². The molecule has 0 radical (unpaired) electrons. The third kappa shape index (κ3) is 5.59. The standard InChI is InChI=1S/C23H30N2O3/c1-6-16(4)24-23(27)19-12-7-9-13-20(19)25-22(26)17(5)28-21-14-10-8-11-18(21)15(2)3/h7-17H,6H2,1-5H3,(H,24,27)(H,25,26)/t16-,17+/m0/s1. The van der Waals surface area contributed by atoms with Crippen LogP contribution < -0.4 is 15.4 Å². The Morgan fingerprint density at radius 2 is 1.61 bits per heavy atom. The average molecular weight is 383 g/mol. The second-order valence-electron chi connectivity index (χ2n) is 7.27. The molecule has 2 aromatic rings. The smallest absolute Gasteiger partial charge is 0.265 e. The maximum absolute atomic E-state index is 12.7. The lowest BCUT2D eigenvalue weighted by atomic mass is 10.0. The van der Waals surface area contributed by atoms with Crippen molar-refractivity contribution in [1.29, 1.82) is 0 Å². The number of ether oxygens (including phenoxy) is 1. The Bertz CT molecular complexity index is 817. The molecule has 0 spiro atoms. The molecule has 0 fully saturated rings. The van der Waals surface area contributed by atoms with Crippen molar-refractivity contribution >= 4 is 17.5 Å². The highest BCUT2D eigenvalue weighted by molar-refractivity contribution is 6.04. The van der Waals surface area contributed by atoms with Crippen LogP contribution in [0.2, 0.25) is 0 Å². The first kappa shape index (κ1) is 21.5. The van der Waals surface area contributed by atoms with Gasteiger partial charge in [-0.05, 0) is 49.9 Å². The molecule has 2 atom stereocenters. The Labute approximate surface area is 167 Å². The summed E-state index contributed by atoms with van der Waals surface area (Å²) in [6, 6.07) is 14.8. The first-order valence-electron chi connectivity index (χ1n) is 9.79. The van der Waals surface area contributed by atoms with E-state index in [1.165, 1.54) is 0 Å². The molecule has 0 heterocycles. The van der Waals surface area contributed by atoms with E-state index >= 15 is 0 Å². The van der Waals surface area contributed by atoms with Gasteiger partial charge in [0.1, 0.15) is 5.75 Å². The Morgan fingerprint density at radius 3 is 2.29 bits per heavy atom. The van der Waals surface area contributed by atoms with Crippen LogP contribution >= 0.6 is 0 Å². The van der Waals surface area contributed by atoms with Crippen LogP contribution in [0.3, 0.4) is 0 Å². The molecule has 0 unspecified atom stereocenters. The summed E-state index contributed by atoms with van der Waals surface area (Å²) in [6.07, 6.45) is 0.131. The van der Waals surface area contributed by atoms with Gasteiger partial charge >= 0.3 is 0 Å². The molecule has 0 saturated carbocycles. The van der Waals surface area contributed by atoms with Gasteiger partial charge < -0.3 is 15.4 Å². The molecule has 0 aliphatic heterocycles. The van der Waals surface area contributed by atoms with Gasteiger partial charge in [-0.2, -0.15) is 0 Å². The molecule has 0 bridgehead atoms. The number of benzene rings is 2. The number of hydrogen-bond acceptors (Lipinski definition) is 3. The van der Waals surface area contributed by atoms with Gasteiger partial charge in [-0.1, -0.05) is 51.1 Å². The third-order valence-corrected chi connectivity index (χ3v) is 4.63. The van der Waals surface area contributed by atoms with E-state index in [0.29, 0.717) is 17.0 Å². The van der Waals surface area contributed by atoms with Gasteiger partial charge in [-0.15, -0.1) is 0 Å². The number of hydrogen-bond donors (Lipinski definition) is 2. The quantitative estimate of drug-likeness (QED) is 0.693. The van der Waals surface area contributed by atoms with E-state index in [-0.39, 0.29) is 23.8 Å². The highest BCUT2D eigenvalue weighted by Gasteiger charge is 2.20. The summed E-state index contributed by atoms with van der Waals surface area (Å²) >= 11 is 0. The molecule has 2 N–H and O–H groups in total. The van der Waals surface area contributed by atoms with Crippen molar-refractivity contribution in [2.45, 2.75) is 59.1 Å². The fourth-order valence-electron chi connectivity index (χ4n) is 2.74. The zero-order valence-corrected chi connectivity index (χ0v) is 17.3. The maximum Gasteiger partial charge on any atom is 0.265 e. The first-order chi connectivity index (χ1) is 13.3. The van der Waals surface area contributed by atoms with E-state index in [0.717, 1.165) is 12.0 Å². The minimum Gasteiger partial charge on any atom is -0.481 e. The van der Waals surface area contributed by atoms with Crippen molar-refractivity contribution in [2.75, 3.05) is 5.32 Å². The fraction of sp³-hybridized carbons (Fsp3) is 0.391. The van der Waals surface area contributed by atoms with Crippen LogP contribution in [0.1, 0.15) is 62.9 Å². The third-order valence-electron chi connectivity index (χ3n) is 4.63. The van der Waals surface area contributed by atoms with Crippen LogP contribution in [0.4, 0.5) is 5.69 Å². The summed E-state index contributed by atoms with van der Waals surface area (Å²) in [7, 11) is 0. The van der Waals surface area contributed by atoms with Crippen LogP contribution in [0.25, 0.3) is 0 Å². The summed E-state index contributed by atoms with van der Waals surface area (Å²) in [4.78, 5) is 25.2. The molecular weight excluding hydrogens is 352 g/mol. The van der Waals surface area contributed by atoms with Gasteiger partial charge in [0.25, 0.3) is 11.8 Å². The van der Waals surface area contributed by atoms with Crippen LogP contribution in [0, 0.1) is 0 Å². The molecule has 0 aliphatic rings. The molecule has 0 aromatic heterocycles. The topological polar surface area (TPSA) is 67.4 Å². The van der Waals surface area contributed by atoms with Gasteiger partial charge in [0.2, 0.25) is 0 Å². The van der Waals surface area contributed by atoms with Crippen molar-refractivity contribution in [3.8, 4) is 5.75 Å². The normalized spacial score (nSPS) is 12.9. The molecule has 2 aromatic carbocycles. The number of rotatable bonds is 8. The lowest BCUT2D eigenvalue weighted by molar-refractivity contribution is -0.122. The molecular formula is C23H30N2O3. The summed E-state index contributed by atoms with van der Waals surface area (Å²) < 4.78 is 5.91. The Morgan fingerprint density at radius 1 is 0.964 bits per heavy atom. The number of para-hydroxylation sites is 2. The minimum atomic E-state index is -0.703. The fourth-order valence-corrected chi connectivity index (χ4v) is 2.74. The Kier molecular flexibility index (Phi) is 7.61. The van der Waals surface area contributed by atoms with Gasteiger partial charge in [-0.25, -0.2) is 0 Å². The van der Waals surface area contributed by atoms with E-state index in [2.05, 4.69) is 24.5 Å². The lowest BCUT2D eigenvalue weighted by Gasteiger charge is -2.19. The number of amides is 2. The van der Waals surface area contributed by atoms with E-state index in [4.69, 9.17) is 4.74 Å². The van der Waals surface area contributed by atoms with Gasteiger partial charge in [0, 0.05) is 6.04 Å². The molecule has 150 valence electrons. The van der Waals surface area contributed by atoms with Crippen molar-refractivity contribution in [3.05, 3.63) is 59.7 Å². The predicted molar refractivity (Wildman–Crippen MR) is 113 cm³/mol. The molecule has 28 heavy (non-hydrogen) atoms. The van der Waals surface area contributed by atoms with E-state index in [9.17, 15) is 9.59 Å². The van der Waals surface area contributed by atoms with Crippen LogP contribution in [0.5, 0.6) is 5.75 Å². The van der Waals surface area contributed by atoms with E-state index in [1.807, 2.05) is 38.1 Å². The minimum absolute atomic E-state index is 0.0612. The molecule has 5 nitrogen and oxygen atoms in total. The summed E-state index contributed by atoms with van der Waals surface area (Å²) in [6.45, 7) is 9.82. The summed E-state index contributed by atoms with van der Waals surface area (Å²) in [5, 5.41) is 5.75.